The zero-order chi connectivity index (χ0) is 11.3. The molecule has 0 heterocycles. The third-order valence-corrected chi connectivity index (χ3v) is 1.67. The van der Waals surface area contributed by atoms with Gasteiger partial charge in [0.2, 0.25) is 5.91 Å². The molecule has 0 spiro atoms. The first-order valence-electron chi connectivity index (χ1n) is 4.25. The van der Waals surface area contributed by atoms with E-state index in [2.05, 4.69) is 5.32 Å². The standard InChI is InChI=1S/C10H8F2N2O/c11-7-3-4-8(12)9(6-7)14-10(15)2-1-5-13/h3-4,6H,1-2H2,(H,14,15). The second kappa shape index (κ2) is 5.05. The molecular weight excluding hydrogens is 202 g/mol. The number of nitriles is 1. The summed E-state index contributed by atoms with van der Waals surface area (Å²) in [6.45, 7) is 0. The van der Waals surface area contributed by atoms with Gasteiger partial charge in [0.1, 0.15) is 11.6 Å². The molecule has 0 atom stereocenters. The van der Waals surface area contributed by atoms with Crippen molar-refractivity contribution in [2.75, 3.05) is 5.32 Å². The first-order chi connectivity index (χ1) is 7.13. The van der Waals surface area contributed by atoms with Crippen LogP contribution in [-0.4, -0.2) is 5.91 Å². The molecule has 1 aromatic rings. The predicted molar refractivity (Wildman–Crippen MR) is 49.8 cm³/mol. The Bertz CT molecular complexity index is 412. The van der Waals surface area contributed by atoms with E-state index in [1.165, 1.54) is 0 Å². The molecule has 0 radical (unpaired) electrons. The minimum absolute atomic E-state index is 0.0353. The van der Waals surface area contributed by atoms with E-state index in [4.69, 9.17) is 5.26 Å². The van der Waals surface area contributed by atoms with Gasteiger partial charge in [-0.05, 0) is 12.1 Å². The summed E-state index contributed by atoms with van der Waals surface area (Å²) < 4.78 is 25.7. The number of hydrogen-bond donors (Lipinski definition) is 1. The molecule has 0 saturated carbocycles. The molecule has 1 rings (SSSR count). The second-order valence-electron chi connectivity index (χ2n) is 2.83. The molecule has 0 bridgehead atoms. The minimum Gasteiger partial charge on any atom is -0.323 e. The van der Waals surface area contributed by atoms with Crippen molar-refractivity contribution < 1.29 is 13.6 Å². The quantitative estimate of drug-likeness (QED) is 0.831. The van der Waals surface area contributed by atoms with Crippen molar-refractivity contribution in [3.63, 3.8) is 0 Å². The van der Waals surface area contributed by atoms with E-state index in [0.29, 0.717) is 0 Å². The van der Waals surface area contributed by atoms with Crippen molar-refractivity contribution in [3.8, 4) is 6.07 Å². The Balaban J connectivity index is 2.68. The molecule has 0 aliphatic carbocycles. The van der Waals surface area contributed by atoms with E-state index in [-0.39, 0.29) is 18.5 Å². The number of nitrogens with zero attached hydrogens (tertiary/aromatic N) is 1. The summed E-state index contributed by atoms with van der Waals surface area (Å²) >= 11 is 0. The average molecular weight is 210 g/mol. The summed E-state index contributed by atoms with van der Waals surface area (Å²) in [7, 11) is 0. The normalized spacial score (nSPS) is 9.40. The van der Waals surface area contributed by atoms with Crippen LogP contribution in [0.4, 0.5) is 14.5 Å². The van der Waals surface area contributed by atoms with Crippen LogP contribution in [0, 0.1) is 23.0 Å². The summed E-state index contributed by atoms with van der Waals surface area (Å²) in [5.41, 5.74) is -0.210. The van der Waals surface area contributed by atoms with Gasteiger partial charge in [-0.15, -0.1) is 0 Å². The van der Waals surface area contributed by atoms with Gasteiger partial charge in [0.15, 0.2) is 0 Å². The fraction of sp³-hybridized carbons (Fsp3) is 0.200. The van der Waals surface area contributed by atoms with E-state index in [9.17, 15) is 13.6 Å². The zero-order valence-electron chi connectivity index (χ0n) is 7.76. The van der Waals surface area contributed by atoms with E-state index in [1.807, 2.05) is 0 Å². The SMILES string of the molecule is N#CCCC(=O)Nc1cc(F)ccc1F. The smallest absolute Gasteiger partial charge is 0.225 e. The Hall–Kier alpha value is -1.96. The summed E-state index contributed by atoms with van der Waals surface area (Å²) in [5, 5.41) is 10.4. The van der Waals surface area contributed by atoms with Crippen LogP contribution in [0.25, 0.3) is 0 Å². The van der Waals surface area contributed by atoms with Gasteiger partial charge in [-0.1, -0.05) is 0 Å². The van der Waals surface area contributed by atoms with Gasteiger partial charge >= 0.3 is 0 Å². The summed E-state index contributed by atoms with van der Waals surface area (Å²) in [5.74, 6) is -1.85. The number of anilines is 1. The summed E-state index contributed by atoms with van der Waals surface area (Å²) in [4.78, 5) is 11.1. The Morgan fingerprint density at radius 3 is 2.87 bits per heavy atom. The largest absolute Gasteiger partial charge is 0.323 e. The molecule has 1 aromatic carbocycles. The van der Waals surface area contributed by atoms with Crippen molar-refractivity contribution in [2.24, 2.45) is 0 Å². The van der Waals surface area contributed by atoms with Crippen molar-refractivity contribution in [1.29, 1.82) is 5.26 Å². The lowest BCUT2D eigenvalue weighted by Crippen LogP contribution is -2.12. The molecule has 0 unspecified atom stereocenters. The van der Waals surface area contributed by atoms with Crippen LogP contribution in [0.5, 0.6) is 0 Å². The molecule has 1 N–H and O–H groups in total. The molecule has 5 heteroatoms. The molecule has 0 aliphatic heterocycles. The Morgan fingerprint density at radius 2 is 2.20 bits per heavy atom. The van der Waals surface area contributed by atoms with Crippen molar-refractivity contribution in [3.05, 3.63) is 29.8 Å². The highest BCUT2D eigenvalue weighted by molar-refractivity contribution is 5.90. The molecule has 0 aromatic heterocycles. The molecule has 3 nitrogen and oxygen atoms in total. The third kappa shape index (κ3) is 3.35. The molecule has 1 amide bonds. The van der Waals surface area contributed by atoms with Crippen molar-refractivity contribution in [1.82, 2.24) is 0 Å². The number of carbonyl (C=O) groups is 1. The third-order valence-electron chi connectivity index (χ3n) is 1.67. The molecule has 0 saturated heterocycles. The van der Waals surface area contributed by atoms with Crippen LogP contribution in [0.1, 0.15) is 12.8 Å². The molecule has 0 aliphatic rings. The average Bonchev–Trinajstić information content (AvgIpc) is 2.20. The minimum atomic E-state index is -0.707. The predicted octanol–water partition coefficient (Wildman–Crippen LogP) is 2.21. The van der Waals surface area contributed by atoms with Gasteiger partial charge in [0, 0.05) is 18.9 Å². The topological polar surface area (TPSA) is 52.9 Å². The van der Waals surface area contributed by atoms with Gasteiger partial charge in [-0.3, -0.25) is 4.79 Å². The maximum atomic E-state index is 13.0. The molecule has 78 valence electrons. The summed E-state index contributed by atoms with van der Waals surface area (Å²) in [6.07, 6.45) is 0.00915. The number of carbonyl (C=O) groups excluding carboxylic acids is 1. The number of nitrogens with one attached hydrogen (secondary N) is 1. The van der Waals surface area contributed by atoms with Crippen LogP contribution >= 0.6 is 0 Å². The number of halogens is 2. The Kier molecular flexibility index (Phi) is 3.75. The number of amides is 1. The van der Waals surface area contributed by atoms with Gasteiger partial charge in [-0.2, -0.15) is 5.26 Å². The monoisotopic (exact) mass is 210 g/mol. The van der Waals surface area contributed by atoms with Crippen LogP contribution in [0.15, 0.2) is 18.2 Å². The van der Waals surface area contributed by atoms with E-state index < -0.39 is 17.5 Å². The summed E-state index contributed by atoms with van der Waals surface area (Å²) in [6, 6.07) is 4.55. The van der Waals surface area contributed by atoms with Crippen LogP contribution in [-0.2, 0) is 4.79 Å². The lowest BCUT2D eigenvalue weighted by Gasteiger charge is -2.04. The molecular formula is C10H8F2N2O. The highest BCUT2D eigenvalue weighted by atomic mass is 19.1. The van der Waals surface area contributed by atoms with Crippen molar-refractivity contribution in [2.45, 2.75) is 12.8 Å². The lowest BCUT2D eigenvalue weighted by molar-refractivity contribution is -0.116. The van der Waals surface area contributed by atoms with Gasteiger partial charge in [0.25, 0.3) is 0 Å². The number of benzene rings is 1. The van der Waals surface area contributed by atoms with Gasteiger partial charge < -0.3 is 5.32 Å². The first-order valence-corrected chi connectivity index (χ1v) is 4.25. The molecule has 15 heavy (non-hydrogen) atoms. The number of hydrogen-bond acceptors (Lipinski definition) is 2. The fourth-order valence-electron chi connectivity index (χ4n) is 0.975. The maximum Gasteiger partial charge on any atom is 0.225 e. The maximum absolute atomic E-state index is 13.0. The van der Waals surface area contributed by atoms with E-state index >= 15 is 0 Å². The van der Waals surface area contributed by atoms with E-state index in [1.54, 1.807) is 6.07 Å². The van der Waals surface area contributed by atoms with Gasteiger partial charge in [0.05, 0.1) is 11.8 Å². The highest BCUT2D eigenvalue weighted by Gasteiger charge is 2.07. The number of rotatable bonds is 3. The first kappa shape index (κ1) is 11.1. The van der Waals surface area contributed by atoms with Gasteiger partial charge in [-0.25, -0.2) is 8.78 Å². The van der Waals surface area contributed by atoms with E-state index in [0.717, 1.165) is 18.2 Å². The Labute approximate surface area is 85.3 Å². The second-order valence-corrected chi connectivity index (χ2v) is 2.83. The van der Waals surface area contributed by atoms with Crippen LogP contribution < -0.4 is 5.32 Å². The Morgan fingerprint density at radius 1 is 1.47 bits per heavy atom. The fourth-order valence-corrected chi connectivity index (χ4v) is 0.975. The lowest BCUT2D eigenvalue weighted by atomic mass is 10.2. The molecule has 0 fully saturated rings. The van der Waals surface area contributed by atoms with Crippen LogP contribution in [0.2, 0.25) is 0 Å². The van der Waals surface area contributed by atoms with Crippen LogP contribution in [0.3, 0.4) is 0 Å². The van der Waals surface area contributed by atoms with Crippen molar-refractivity contribution >= 4 is 11.6 Å². The zero-order valence-corrected chi connectivity index (χ0v) is 7.76. The highest BCUT2D eigenvalue weighted by Crippen LogP contribution is 2.15.